The molecule has 1 aliphatic carbocycles. The van der Waals surface area contributed by atoms with Gasteiger partial charge in [-0.15, -0.1) is 12.4 Å². The van der Waals surface area contributed by atoms with E-state index in [0.717, 1.165) is 43.6 Å². The number of hydrogen-bond acceptors (Lipinski definition) is 3. The third-order valence-corrected chi connectivity index (χ3v) is 5.42. The first-order valence-corrected chi connectivity index (χ1v) is 8.55. The maximum Gasteiger partial charge on any atom is 0.257 e. The summed E-state index contributed by atoms with van der Waals surface area (Å²) in [4.78, 5) is 14.9. The van der Waals surface area contributed by atoms with Crippen LogP contribution in [0.5, 0.6) is 0 Å². The van der Waals surface area contributed by atoms with Crippen molar-refractivity contribution in [1.82, 2.24) is 14.7 Å². The zero-order chi connectivity index (χ0) is 15.7. The number of aromatic nitrogens is 2. The zero-order valence-electron chi connectivity index (χ0n) is 14.3. The van der Waals surface area contributed by atoms with E-state index >= 15 is 0 Å². The molecule has 2 N–H and O–H groups in total. The molecule has 1 unspecified atom stereocenters. The van der Waals surface area contributed by atoms with Gasteiger partial charge in [0.25, 0.3) is 5.91 Å². The average Bonchev–Trinajstić information content (AvgIpc) is 3.12. The van der Waals surface area contributed by atoms with Crippen LogP contribution in [0.3, 0.4) is 0 Å². The molecule has 1 amide bonds. The maximum atomic E-state index is 13.0. The molecule has 130 valence electrons. The van der Waals surface area contributed by atoms with Crippen LogP contribution in [0, 0.1) is 5.41 Å². The van der Waals surface area contributed by atoms with Crippen LogP contribution in [-0.2, 0) is 7.05 Å². The van der Waals surface area contributed by atoms with Gasteiger partial charge in [-0.1, -0.05) is 26.2 Å². The number of nitrogens with two attached hydrogens (primary N) is 1. The van der Waals surface area contributed by atoms with Crippen molar-refractivity contribution < 1.29 is 4.79 Å². The highest BCUT2D eigenvalue weighted by Crippen LogP contribution is 2.35. The molecular formula is C17H29ClN4O. The molecule has 2 heterocycles. The number of likely N-dealkylation sites (tertiary alicyclic amines) is 1. The Bertz CT molecular complexity index is 553. The predicted octanol–water partition coefficient (Wildman–Crippen LogP) is 2.70. The van der Waals surface area contributed by atoms with Crippen LogP contribution >= 0.6 is 12.4 Å². The van der Waals surface area contributed by atoms with Crippen LogP contribution in [-0.4, -0.2) is 40.2 Å². The Balaban J connectivity index is 0.00000192. The van der Waals surface area contributed by atoms with Crippen molar-refractivity contribution in [2.24, 2.45) is 18.2 Å². The van der Waals surface area contributed by atoms with Crippen molar-refractivity contribution in [3.8, 4) is 0 Å². The lowest BCUT2D eigenvalue weighted by Gasteiger charge is -2.24. The summed E-state index contributed by atoms with van der Waals surface area (Å²) in [6.07, 6.45) is 9.05. The minimum absolute atomic E-state index is 0. The third-order valence-electron chi connectivity index (χ3n) is 5.42. The summed E-state index contributed by atoms with van der Waals surface area (Å²) in [5.41, 5.74) is 7.78. The second-order valence-electron chi connectivity index (χ2n) is 7.43. The van der Waals surface area contributed by atoms with Crippen molar-refractivity contribution in [3.05, 3.63) is 17.5 Å². The van der Waals surface area contributed by atoms with E-state index in [-0.39, 0.29) is 23.7 Å². The summed E-state index contributed by atoms with van der Waals surface area (Å²) >= 11 is 0. The van der Waals surface area contributed by atoms with E-state index in [0.29, 0.717) is 12.5 Å². The van der Waals surface area contributed by atoms with Gasteiger partial charge in [-0.25, -0.2) is 0 Å². The summed E-state index contributed by atoms with van der Waals surface area (Å²) in [6.45, 7) is 4.39. The Hall–Kier alpha value is -1.07. The fourth-order valence-electron chi connectivity index (χ4n) is 3.88. The largest absolute Gasteiger partial charge is 0.338 e. The Labute approximate surface area is 145 Å². The third kappa shape index (κ3) is 3.72. The summed E-state index contributed by atoms with van der Waals surface area (Å²) in [7, 11) is 1.91. The van der Waals surface area contributed by atoms with Gasteiger partial charge in [0, 0.05) is 32.3 Å². The number of halogens is 1. The van der Waals surface area contributed by atoms with E-state index in [4.69, 9.17) is 5.73 Å². The summed E-state index contributed by atoms with van der Waals surface area (Å²) < 4.78 is 1.80. The minimum atomic E-state index is 0. The molecule has 0 aromatic carbocycles. The van der Waals surface area contributed by atoms with E-state index in [1.54, 1.807) is 4.68 Å². The Morgan fingerprint density at radius 1 is 1.39 bits per heavy atom. The van der Waals surface area contributed by atoms with Crippen LogP contribution in [0.15, 0.2) is 6.20 Å². The van der Waals surface area contributed by atoms with E-state index < -0.39 is 0 Å². The first-order valence-electron chi connectivity index (χ1n) is 8.55. The van der Waals surface area contributed by atoms with Crippen molar-refractivity contribution in [3.63, 3.8) is 0 Å². The molecule has 1 aromatic heterocycles. The van der Waals surface area contributed by atoms with E-state index in [9.17, 15) is 4.79 Å². The van der Waals surface area contributed by atoms with E-state index in [1.165, 1.54) is 19.3 Å². The van der Waals surface area contributed by atoms with Crippen molar-refractivity contribution in [2.75, 3.05) is 19.6 Å². The molecule has 0 bridgehead atoms. The topological polar surface area (TPSA) is 64.2 Å². The normalized spacial score (nSPS) is 25.4. The molecule has 0 radical (unpaired) electrons. The number of rotatable bonds is 3. The van der Waals surface area contributed by atoms with Gasteiger partial charge in [-0.05, 0) is 31.2 Å². The number of carbonyl (C=O) groups is 1. The molecule has 2 fully saturated rings. The molecule has 3 rings (SSSR count). The monoisotopic (exact) mass is 340 g/mol. The Morgan fingerprint density at radius 3 is 2.70 bits per heavy atom. The molecule has 5 nitrogen and oxygen atoms in total. The van der Waals surface area contributed by atoms with Gasteiger partial charge < -0.3 is 10.6 Å². The highest BCUT2D eigenvalue weighted by molar-refractivity contribution is 5.95. The summed E-state index contributed by atoms with van der Waals surface area (Å²) in [5.74, 6) is 0.600. The van der Waals surface area contributed by atoms with Crippen molar-refractivity contribution in [2.45, 2.75) is 51.4 Å². The van der Waals surface area contributed by atoms with Crippen LogP contribution < -0.4 is 5.73 Å². The van der Waals surface area contributed by atoms with Gasteiger partial charge in [0.15, 0.2) is 0 Å². The summed E-state index contributed by atoms with van der Waals surface area (Å²) in [5, 5.41) is 4.63. The van der Waals surface area contributed by atoms with E-state index in [2.05, 4.69) is 12.0 Å². The SMILES string of the molecule is Cl.Cn1cc(C(=O)N2CCC(C)(CN)C2)c(C2CCCCC2)n1. The van der Waals surface area contributed by atoms with Gasteiger partial charge in [-0.2, -0.15) is 5.10 Å². The molecule has 1 saturated carbocycles. The lowest BCUT2D eigenvalue weighted by Crippen LogP contribution is -2.34. The smallest absolute Gasteiger partial charge is 0.257 e. The lowest BCUT2D eigenvalue weighted by atomic mass is 9.85. The predicted molar refractivity (Wildman–Crippen MR) is 94.0 cm³/mol. The molecule has 1 saturated heterocycles. The van der Waals surface area contributed by atoms with Crippen LogP contribution in [0.4, 0.5) is 0 Å². The van der Waals surface area contributed by atoms with Gasteiger partial charge in [0.05, 0.1) is 11.3 Å². The van der Waals surface area contributed by atoms with Crippen LogP contribution in [0.25, 0.3) is 0 Å². The number of carbonyl (C=O) groups excluding carboxylic acids is 1. The first kappa shape index (κ1) is 18.3. The highest BCUT2D eigenvalue weighted by Gasteiger charge is 2.37. The summed E-state index contributed by atoms with van der Waals surface area (Å²) in [6, 6.07) is 0. The van der Waals surface area contributed by atoms with Crippen molar-refractivity contribution in [1.29, 1.82) is 0 Å². The molecule has 1 aliphatic heterocycles. The van der Waals surface area contributed by atoms with Crippen molar-refractivity contribution >= 4 is 18.3 Å². The molecule has 1 atom stereocenters. The van der Waals surface area contributed by atoms with Gasteiger partial charge in [0.2, 0.25) is 0 Å². The fourth-order valence-corrected chi connectivity index (χ4v) is 3.88. The number of nitrogens with zero attached hydrogens (tertiary/aromatic N) is 3. The fraction of sp³-hybridized carbons (Fsp3) is 0.765. The van der Waals surface area contributed by atoms with E-state index in [1.807, 2.05) is 18.1 Å². The number of hydrogen-bond donors (Lipinski definition) is 1. The molecule has 23 heavy (non-hydrogen) atoms. The van der Waals surface area contributed by atoms with Gasteiger partial charge in [-0.3, -0.25) is 9.48 Å². The molecular weight excluding hydrogens is 312 g/mol. The maximum absolute atomic E-state index is 13.0. The molecule has 1 aromatic rings. The standard InChI is InChI=1S/C17H28N4O.ClH/c1-17(11-18)8-9-21(12-17)16(22)14-10-20(2)19-15(14)13-6-4-3-5-7-13;/h10,13H,3-9,11-12,18H2,1-2H3;1H. The first-order chi connectivity index (χ1) is 10.5. The second kappa shape index (κ2) is 7.22. The highest BCUT2D eigenvalue weighted by atomic mass is 35.5. The zero-order valence-corrected chi connectivity index (χ0v) is 15.1. The van der Waals surface area contributed by atoms with Crippen LogP contribution in [0.2, 0.25) is 0 Å². The minimum Gasteiger partial charge on any atom is -0.338 e. The Morgan fingerprint density at radius 2 is 2.09 bits per heavy atom. The second-order valence-corrected chi connectivity index (χ2v) is 7.43. The number of amides is 1. The Kier molecular flexibility index (Phi) is 5.74. The molecule has 6 heteroatoms. The van der Waals surface area contributed by atoms with Gasteiger partial charge >= 0.3 is 0 Å². The van der Waals surface area contributed by atoms with Crippen LogP contribution in [0.1, 0.15) is 67.4 Å². The number of aryl methyl sites for hydroxylation is 1. The average molecular weight is 341 g/mol. The quantitative estimate of drug-likeness (QED) is 0.920. The van der Waals surface area contributed by atoms with Gasteiger partial charge in [0.1, 0.15) is 0 Å². The lowest BCUT2D eigenvalue weighted by molar-refractivity contribution is 0.0775. The molecule has 0 spiro atoms. The molecule has 2 aliphatic rings.